The number of benzene rings is 1. The number of alkyl halides is 1. The highest BCUT2D eigenvalue weighted by Gasteiger charge is 2.07. The van der Waals surface area contributed by atoms with Crippen molar-refractivity contribution in [2.45, 2.75) is 25.1 Å². The molecule has 94 valence electrons. The van der Waals surface area contributed by atoms with E-state index in [0.29, 0.717) is 17.1 Å². The van der Waals surface area contributed by atoms with Gasteiger partial charge >= 0.3 is 0 Å². The number of carbonyl (C=O) groups is 1. The van der Waals surface area contributed by atoms with Crippen molar-refractivity contribution in [1.82, 2.24) is 5.32 Å². The summed E-state index contributed by atoms with van der Waals surface area (Å²) in [7, 11) is 0. The Bertz CT molecular complexity index is 396. The molecule has 0 spiro atoms. The maximum atomic E-state index is 11.7. The van der Waals surface area contributed by atoms with Crippen LogP contribution in [0, 0.1) is 0 Å². The third-order valence-corrected chi connectivity index (χ3v) is 3.70. The van der Waals surface area contributed by atoms with Gasteiger partial charge in [0.25, 0.3) is 5.91 Å². The van der Waals surface area contributed by atoms with E-state index in [2.05, 4.69) is 21.2 Å². The van der Waals surface area contributed by atoms with Gasteiger partial charge in [-0.2, -0.15) is 0 Å². The number of amides is 1. The van der Waals surface area contributed by atoms with E-state index < -0.39 is 0 Å². The summed E-state index contributed by atoms with van der Waals surface area (Å²) < 4.78 is 0.784. The molecule has 0 fully saturated rings. The first kappa shape index (κ1) is 14.8. The zero-order valence-corrected chi connectivity index (χ0v) is 12.6. The lowest BCUT2D eigenvalue weighted by Crippen LogP contribution is -2.24. The summed E-state index contributed by atoms with van der Waals surface area (Å²) in [5.74, 6) is -0.110. The average Bonchev–Trinajstić information content (AvgIpc) is 2.27. The minimum absolute atomic E-state index is 0.110. The molecule has 0 aliphatic carbocycles. The first-order valence-corrected chi connectivity index (χ1v) is 6.98. The van der Waals surface area contributed by atoms with Crippen LogP contribution in [0.1, 0.15) is 30.1 Å². The molecule has 17 heavy (non-hydrogen) atoms. The molecule has 0 aliphatic rings. The highest BCUT2D eigenvalue weighted by Crippen LogP contribution is 2.23. The molecule has 1 unspecified atom stereocenters. The van der Waals surface area contributed by atoms with E-state index in [1.54, 1.807) is 18.2 Å². The fraction of sp³-hybridized carbons (Fsp3) is 0.417. The van der Waals surface area contributed by atoms with Crippen LogP contribution in [0.2, 0.25) is 5.02 Å². The summed E-state index contributed by atoms with van der Waals surface area (Å²) in [5, 5.41) is 3.51. The van der Waals surface area contributed by atoms with Crippen molar-refractivity contribution in [1.29, 1.82) is 0 Å². The van der Waals surface area contributed by atoms with Crippen LogP contribution in [0.25, 0.3) is 0 Å². The van der Waals surface area contributed by atoms with Crippen LogP contribution in [-0.4, -0.2) is 17.8 Å². The number of hydrogen-bond acceptors (Lipinski definition) is 1. The number of nitrogens with one attached hydrogen (secondary N) is 1. The monoisotopic (exact) mass is 337 g/mol. The summed E-state index contributed by atoms with van der Waals surface area (Å²) in [5.41, 5.74) is 0.567. The second-order valence-corrected chi connectivity index (χ2v) is 5.81. The third kappa shape index (κ3) is 5.28. The lowest BCUT2D eigenvalue weighted by molar-refractivity contribution is 0.0953. The number of carbonyl (C=O) groups excluding carboxylic acids is 1. The summed E-state index contributed by atoms with van der Waals surface area (Å²) in [6, 6.07) is 5.14. The summed E-state index contributed by atoms with van der Waals surface area (Å²) in [6.45, 7) is 2.57. The van der Waals surface area contributed by atoms with Gasteiger partial charge < -0.3 is 5.32 Å². The van der Waals surface area contributed by atoms with Gasteiger partial charge in [0.05, 0.1) is 5.02 Å². The SMILES string of the molecule is CC(Cl)CCCNC(=O)c1ccc(Br)c(Cl)c1. The van der Waals surface area contributed by atoms with Gasteiger partial charge in [-0.05, 0) is 53.9 Å². The van der Waals surface area contributed by atoms with Crippen LogP contribution in [-0.2, 0) is 0 Å². The Morgan fingerprint density at radius 2 is 2.24 bits per heavy atom. The third-order valence-electron chi connectivity index (χ3n) is 2.25. The van der Waals surface area contributed by atoms with Crippen molar-refractivity contribution < 1.29 is 4.79 Å². The molecule has 1 amide bonds. The fourth-order valence-electron chi connectivity index (χ4n) is 1.32. The van der Waals surface area contributed by atoms with Crippen LogP contribution in [0.5, 0.6) is 0 Å². The van der Waals surface area contributed by atoms with Crippen LogP contribution < -0.4 is 5.32 Å². The van der Waals surface area contributed by atoms with Crippen molar-refractivity contribution in [3.8, 4) is 0 Å². The predicted octanol–water partition coefficient (Wildman–Crippen LogP) is 4.24. The van der Waals surface area contributed by atoms with E-state index in [-0.39, 0.29) is 11.3 Å². The van der Waals surface area contributed by atoms with E-state index in [0.717, 1.165) is 17.3 Å². The van der Waals surface area contributed by atoms with Gasteiger partial charge in [0.2, 0.25) is 0 Å². The quantitative estimate of drug-likeness (QED) is 0.631. The Kier molecular flexibility index (Phi) is 6.31. The molecule has 1 aromatic carbocycles. The second kappa shape index (κ2) is 7.24. The Balaban J connectivity index is 2.44. The largest absolute Gasteiger partial charge is 0.352 e. The summed E-state index contributed by atoms with van der Waals surface area (Å²) >= 11 is 15.0. The molecule has 0 saturated carbocycles. The molecule has 1 N–H and O–H groups in total. The zero-order chi connectivity index (χ0) is 12.8. The average molecular weight is 339 g/mol. The topological polar surface area (TPSA) is 29.1 Å². The van der Waals surface area contributed by atoms with Gasteiger partial charge in [-0.1, -0.05) is 11.6 Å². The van der Waals surface area contributed by atoms with E-state index >= 15 is 0 Å². The Hall–Kier alpha value is -0.250. The molecule has 0 saturated heterocycles. The molecular formula is C12H14BrCl2NO. The minimum Gasteiger partial charge on any atom is -0.352 e. The molecule has 1 atom stereocenters. The van der Waals surface area contributed by atoms with E-state index in [1.807, 2.05) is 6.92 Å². The lowest BCUT2D eigenvalue weighted by atomic mass is 10.2. The maximum absolute atomic E-state index is 11.7. The number of halogens is 3. The fourth-order valence-corrected chi connectivity index (χ4v) is 1.91. The first-order chi connectivity index (χ1) is 8.00. The highest BCUT2D eigenvalue weighted by molar-refractivity contribution is 9.10. The lowest BCUT2D eigenvalue weighted by Gasteiger charge is -2.06. The minimum atomic E-state index is -0.110. The molecule has 2 nitrogen and oxygen atoms in total. The van der Waals surface area contributed by atoms with Crippen molar-refractivity contribution in [3.05, 3.63) is 33.3 Å². The zero-order valence-electron chi connectivity index (χ0n) is 9.47. The van der Waals surface area contributed by atoms with E-state index in [4.69, 9.17) is 23.2 Å². The molecule has 0 bridgehead atoms. The molecule has 5 heteroatoms. The molecule has 1 aromatic rings. The van der Waals surface area contributed by atoms with Crippen molar-refractivity contribution in [2.75, 3.05) is 6.54 Å². The molecule has 0 heterocycles. The second-order valence-electron chi connectivity index (χ2n) is 3.81. The molecule has 0 radical (unpaired) electrons. The van der Waals surface area contributed by atoms with Crippen molar-refractivity contribution >= 4 is 45.0 Å². The van der Waals surface area contributed by atoms with Gasteiger partial charge in [-0.15, -0.1) is 11.6 Å². The number of rotatable bonds is 5. The normalized spacial score (nSPS) is 12.2. The van der Waals surface area contributed by atoms with Crippen LogP contribution in [0.4, 0.5) is 0 Å². The van der Waals surface area contributed by atoms with Crippen molar-refractivity contribution in [2.24, 2.45) is 0 Å². The van der Waals surface area contributed by atoms with E-state index in [1.165, 1.54) is 0 Å². The Morgan fingerprint density at radius 3 is 2.82 bits per heavy atom. The highest BCUT2D eigenvalue weighted by atomic mass is 79.9. The molecule has 0 aliphatic heterocycles. The van der Waals surface area contributed by atoms with Gasteiger partial charge in [0, 0.05) is 22.0 Å². The van der Waals surface area contributed by atoms with E-state index in [9.17, 15) is 4.79 Å². The predicted molar refractivity (Wildman–Crippen MR) is 76.0 cm³/mol. The van der Waals surface area contributed by atoms with Gasteiger partial charge in [0.15, 0.2) is 0 Å². The van der Waals surface area contributed by atoms with Gasteiger partial charge in [-0.25, -0.2) is 0 Å². The standard InChI is InChI=1S/C12H14BrCl2NO/c1-8(14)3-2-6-16-12(17)9-4-5-10(13)11(15)7-9/h4-5,7-8H,2-3,6H2,1H3,(H,16,17). The van der Waals surface area contributed by atoms with Crippen molar-refractivity contribution in [3.63, 3.8) is 0 Å². The van der Waals surface area contributed by atoms with Gasteiger partial charge in [0.1, 0.15) is 0 Å². The molecular weight excluding hydrogens is 325 g/mol. The molecule has 1 rings (SSSR count). The smallest absolute Gasteiger partial charge is 0.251 e. The Morgan fingerprint density at radius 1 is 1.53 bits per heavy atom. The van der Waals surface area contributed by atoms with Crippen LogP contribution in [0.15, 0.2) is 22.7 Å². The summed E-state index contributed by atoms with van der Waals surface area (Å²) in [6.07, 6.45) is 1.77. The number of hydrogen-bond donors (Lipinski definition) is 1. The van der Waals surface area contributed by atoms with Gasteiger partial charge in [-0.3, -0.25) is 4.79 Å². The maximum Gasteiger partial charge on any atom is 0.251 e. The first-order valence-electron chi connectivity index (χ1n) is 5.38. The Labute approximate surface area is 120 Å². The molecule has 0 aromatic heterocycles. The van der Waals surface area contributed by atoms with Crippen LogP contribution >= 0.6 is 39.1 Å². The van der Waals surface area contributed by atoms with Crippen LogP contribution in [0.3, 0.4) is 0 Å². The summed E-state index contributed by atoms with van der Waals surface area (Å²) in [4.78, 5) is 11.7.